The Morgan fingerprint density at radius 3 is 2.92 bits per heavy atom. The maximum absolute atomic E-state index is 13.7. The molecule has 1 aliphatic heterocycles. The van der Waals surface area contributed by atoms with Gasteiger partial charge >= 0.3 is 0 Å². The monoisotopic (exact) mass is 333 g/mol. The smallest absolute Gasteiger partial charge is 0.134 e. The summed E-state index contributed by atoms with van der Waals surface area (Å²) in [5.74, 6) is 1.26. The highest BCUT2D eigenvalue weighted by Crippen LogP contribution is 2.32. The summed E-state index contributed by atoms with van der Waals surface area (Å²) in [5, 5.41) is 12.7. The third-order valence-electron chi connectivity index (χ3n) is 4.82. The lowest BCUT2D eigenvalue weighted by atomic mass is 9.84. The van der Waals surface area contributed by atoms with Crippen LogP contribution in [0.3, 0.4) is 0 Å². The molecular formula is C19H24FNO3. The normalized spacial score (nSPS) is 20.6. The van der Waals surface area contributed by atoms with Crippen LogP contribution in [0.1, 0.15) is 24.2 Å². The Balaban J connectivity index is 1.61. The van der Waals surface area contributed by atoms with Crippen molar-refractivity contribution in [2.75, 3.05) is 26.4 Å². The minimum Gasteiger partial charge on any atom is -0.460 e. The molecule has 0 saturated carbocycles. The number of nitrogens with one attached hydrogen (secondary N) is 1. The van der Waals surface area contributed by atoms with Crippen LogP contribution in [0.2, 0.25) is 0 Å². The summed E-state index contributed by atoms with van der Waals surface area (Å²) in [6.07, 6.45) is 1.71. The van der Waals surface area contributed by atoms with Crippen LogP contribution in [0.4, 0.5) is 4.39 Å². The van der Waals surface area contributed by atoms with Gasteiger partial charge in [0.1, 0.15) is 17.3 Å². The first kappa shape index (κ1) is 17.1. The van der Waals surface area contributed by atoms with Crippen molar-refractivity contribution in [1.29, 1.82) is 0 Å². The average Bonchev–Trinajstić information content (AvgIpc) is 3.21. The fourth-order valence-corrected chi connectivity index (χ4v) is 3.25. The number of benzene rings is 1. The van der Waals surface area contributed by atoms with Crippen molar-refractivity contribution in [3.8, 4) is 11.3 Å². The van der Waals surface area contributed by atoms with Crippen molar-refractivity contribution in [1.82, 2.24) is 5.32 Å². The van der Waals surface area contributed by atoms with Crippen LogP contribution < -0.4 is 5.32 Å². The van der Waals surface area contributed by atoms with E-state index in [0.29, 0.717) is 24.5 Å². The predicted octanol–water partition coefficient (Wildman–Crippen LogP) is 3.27. The Bertz CT molecular complexity index is 677. The third-order valence-corrected chi connectivity index (χ3v) is 4.82. The summed E-state index contributed by atoms with van der Waals surface area (Å²) in [7, 11) is 0. The van der Waals surface area contributed by atoms with Gasteiger partial charge in [-0.15, -0.1) is 0 Å². The molecule has 1 aromatic carbocycles. The molecule has 0 radical (unpaired) electrons. The summed E-state index contributed by atoms with van der Waals surface area (Å²) in [6.45, 7) is 4.75. The number of aliphatic hydroxyl groups excluding tert-OH is 1. The highest BCUT2D eigenvalue weighted by Gasteiger charge is 2.33. The molecule has 0 amide bonds. The van der Waals surface area contributed by atoms with Crippen LogP contribution in [0.5, 0.6) is 0 Å². The molecule has 1 unspecified atom stereocenters. The minimum atomic E-state index is -0.226. The molecule has 4 nitrogen and oxygen atoms in total. The minimum absolute atomic E-state index is 0.0172. The molecule has 1 aromatic heterocycles. The van der Waals surface area contributed by atoms with E-state index < -0.39 is 0 Å². The van der Waals surface area contributed by atoms with Gasteiger partial charge < -0.3 is 19.6 Å². The lowest BCUT2D eigenvalue weighted by Crippen LogP contribution is -2.35. The molecule has 1 fully saturated rings. The van der Waals surface area contributed by atoms with E-state index in [4.69, 9.17) is 9.15 Å². The average molecular weight is 333 g/mol. The molecule has 5 heteroatoms. The first-order valence-electron chi connectivity index (χ1n) is 8.37. The summed E-state index contributed by atoms with van der Waals surface area (Å²) in [5.41, 5.74) is 1.39. The lowest BCUT2D eigenvalue weighted by Gasteiger charge is -2.26. The predicted molar refractivity (Wildman–Crippen MR) is 90.1 cm³/mol. The highest BCUT2D eigenvalue weighted by atomic mass is 19.1. The molecule has 130 valence electrons. The number of halogens is 1. The standard InChI is InChI=1S/C19H24FNO3/c1-14-16(3-2-4-17(14)20)18-6-5-15(24-18)11-21-12-19(7-9-22)8-10-23-13-19/h2-6,21-22H,7-13H2,1H3. The van der Waals surface area contributed by atoms with Crippen LogP contribution >= 0.6 is 0 Å². The summed E-state index contributed by atoms with van der Waals surface area (Å²) >= 11 is 0. The molecule has 3 rings (SSSR count). The van der Waals surface area contributed by atoms with Gasteiger partial charge in [-0.2, -0.15) is 0 Å². The number of hydrogen-bond donors (Lipinski definition) is 2. The first-order chi connectivity index (χ1) is 11.6. The maximum atomic E-state index is 13.7. The quantitative estimate of drug-likeness (QED) is 0.816. The van der Waals surface area contributed by atoms with Gasteiger partial charge in [-0.05, 0) is 43.5 Å². The molecule has 2 N–H and O–H groups in total. The number of rotatable bonds is 7. The first-order valence-corrected chi connectivity index (χ1v) is 8.37. The molecule has 2 heterocycles. The van der Waals surface area contributed by atoms with Gasteiger partial charge in [-0.3, -0.25) is 0 Å². The maximum Gasteiger partial charge on any atom is 0.134 e. The third kappa shape index (κ3) is 3.69. The zero-order valence-corrected chi connectivity index (χ0v) is 14.0. The van der Waals surface area contributed by atoms with E-state index in [0.717, 1.165) is 37.3 Å². The van der Waals surface area contributed by atoms with Crippen molar-refractivity contribution in [3.05, 3.63) is 47.5 Å². The molecule has 1 atom stereocenters. The second kappa shape index (κ2) is 7.47. The molecule has 0 aliphatic carbocycles. The summed E-state index contributed by atoms with van der Waals surface area (Å²) in [6, 6.07) is 8.80. The number of hydrogen-bond acceptors (Lipinski definition) is 4. The van der Waals surface area contributed by atoms with Gasteiger partial charge in [0.25, 0.3) is 0 Å². The molecule has 1 aliphatic rings. The van der Waals surface area contributed by atoms with E-state index in [9.17, 15) is 9.50 Å². The van der Waals surface area contributed by atoms with Crippen molar-refractivity contribution >= 4 is 0 Å². The summed E-state index contributed by atoms with van der Waals surface area (Å²) in [4.78, 5) is 0. The Morgan fingerprint density at radius 1 is 1.29 bits per heavy atom. The van der Waals surface area contributed by atoms with Crippen LogP contribution in [0.25, 0.3) is 11.3 Å². The Kier molecular flexibility index (Phi) is 5.33. The van der Waals surface area contributed by atoms with E-state index in [1.165, 1.54) is 6.07 Å². The molecule has 2 aromatic rings. The fraction of sp³-hybridized carbons (Fsp3) is 0.474. The lowest BCUT2D eigenvalue weighted by molar-refractivity contribution is 0.124. The van der Waals surface area contributed by atoms with Crippen LogP contribution in [-0.2, 0) is 11.3 Å². The van der Waals surface area contributed by atoms with Gasteiger partial charge in [-0.1, -0.05) is 12.1 Å². The zero-order valence-electron chi connectivity index (χ0n) is 14.0. The second-order valence-electron chi connectivity index (χ2n) is 6.56. The topological polar surface area (TPSA) is 54.6 Å². The van der Waals surface area contributed by atoms with Crippen molar-refractivity contribution in [2.24, 2.45) is 5.41 Å². The Morgan fingerprint density at radius 2 is 2.17 bits per heavy atom. The van der Waals surface area contributed by atoms with Crippen molar-refractivity contribution in [2.45, 2.75) is 26.3 Å². The number of ether oxygens (including phenoxy) is 1. The molecule has 0 spiro atoms. The largest absolute Gasteiger partial charge is 0.460 e. The molecular weight excluding hydrogens is 309 g/mol. The molecule has 24 heavy (non-hydrogen) atoms. The Hall–Kier alpha value is -1.69. The Labute approximate surface area is 141 Å². The summed E-state index contributed by atoms with van der Waals surface area (Å²) < 4.78 is 25.0. The highest BCUT2D eigenvalue weighted by molar-refractivity contribution is 5.62. The van der Waals surface area contributed by atoms with E-state index in [-0.39, 0.29) is 17.8 Å². The fourth-order valence-electron chi connectivity index (χ4n) is 3.25. The van der Waals surface area contributed by atoms with Gasteiger partial charge in [0, 0.05) is 30.7 Å². The van der Waals surface area contributed by atoms with Gasteiger partial charge in [0.15, 0.2) is 0 Å². The van der Waals surface area contributed by atoms with E-state index in [1.807, 2.05) is 18.2 Å². The SMILES string of the molecule is Cc1c(F)cccc1-c1ccc(CNCC2(CCO)CCOC2)o1. The number of furan rings is 1. The molecule has 0 bridgehead atoms. The second-order valence-corrected chi connectivity index (χ2v) is 6.56. The zero-order chi connectivity index (χ0) is 17.0. The van der Waals surface area contributed by atoms with E-state index >= 15 is 0 Å². The van der Waals surface area contributed by atoms with Crippen molar-refractivity contribution < 1.29 is 18.7 Å². The van der Waals surface area contributed by atoms with Gasteiger partial charge in [0.2, 0.25) is 0 Å². The van der Waals surface area contributed by atoms with Crippen LogP contribution in [0, 0.1) is 18.2 Å². The van der Waals surface area contributed by atoms with Crippen molar-refractivity contribution in [3.63, 3.8) is 0 Å². The van der Waals surface area contributed by atoms with Crippen LogP contribution in [0.15, 0.2) is 34.7 Å². The van der Waals surface area contributed by atoms with Gasteiger partial charge in [-0.25, -0.2) is 4.39 Å². The van der Waals surface area contributed by atoms with Crippen LogP contribution in [-0.4, -0.2) is 31.5 Å². The van der Waals surface area contributed by atoms with E-state index in [1.54, 1.807) is 13.0 Å². The molecule has 1 saturated heterocycles. The van der Waals surface area contributed by atoms with E-state index in [2.05, 4.69) is 5.32 Å². The van der Waals surface area contributed by atoms with Gasteiger partial charge in [0.05, 0.1) is 13.2 Å². The number of aliphatic hydroxyl groups is 1.